The zero-order valence-corrected chi connectivity index (χ0v) is 9.88. The maximum absolute atomic E-state index is 11.8. The fourth-order valence-corrected chi connectivity index (χ4v) is 1.39. The first kappa shape index (κ1) is 12.0. The molecule has 0 aliphatic rings. The highest BCUT2D eigenvalue weighted by Crippen LogP contribution is 2.06. The van der Waals surface area contributed by atoms with E-state index in [-0.39, 0.29) is 5.91 Å². The van der Waals surface area contributed by atoms with E-state index >= 15 is 0 Å². The summed E-state index contributed by atoms with van der Waals surface area (Å²) < 4.78 is 4.82. The van der Waals surface area contributed by atoms with Gasteiger partial charge >= 0.3 is 0 Å². The van der Waals surface area contributed by atoms with Crippen LogP contribution in [0.2, 0.25) is 0 Å². The molecule has 0 aromatic carbocycles. The molecule has 0 aliphatic carbocycles. The second kappa shape index (κ2) is 5.76. The molecule has 2 heterocycles. The van der Waals surface area contributed by atoms with Crippen molar-refractivity contribution in [2.24, 2.45) is 0 Å². The summed E-state index contributed by atoms with van der Waals surface area (Å²) in [6.07, 6.45) is 3.41. The predicted molar refractivity (Wildman–Crippen MR) is 64.1 cm³/mol. The molecule has 2 rings (SSSR count). The molecule has 1 amide bonds. The van der Waals surface area contributed by atoms with E-state index in [4.69, 9.17) is 4.52 Å². The van der Waals surface area contributed by atoms with Crippen LogP contribution in [0, 0.1) is 0 Å². The highest BCUT2D eigenvalue weighted by Gasteiger charge is 2.07. The second-order valence-electron chi connectivity index (χ2n) is 3.52. The SMILES string of the molecule is CNc1ccnc(C(=O)NCCc2ncno2)c1. The minimum Gasteiger partial charge on any atom is -0.388 e. The van der Waals surface area contributed by atoms with E-state index in [1.165, 1.54) is 6.33 Å². The minimum absolute atomic E-state index is 0.230. The van der Waals surface area contributed by atoms with Crippen LogP contribution >= 0.6 is 0 Å². The summed E-state index contributed by atoms with van der Waals surface area (Å²) in [5.41, 5.74) is 1.21. The molecule has 0 spiro atoms. The Labute approximate surface area is 104 Å². The molecule has 0 unspecified atom stereocenters. The third-order valence-electron chi connectivity index (χ3n) is 2.31. The smallest absolute Gasteiger partial charge is 0.269 e. The van der Waals surface area contributed by atoms with Gasteiger partial charge in [0.15, 0.2) is 6.33 Å². The largest absolute Gasteiger partial charge is 0.388 e. The Bertz CT molecular complexity index is 512. The highest BCUT2D eigenvalue weighted by molar-refractivity contribution is 5.93. The van der Waals surface area contributed by atoms with Gasteiger partial charge in [-0.05, 0) is 12.1 Å². The van der Waals surface area contributed by atoms with Crippen LogP contribution in [-0.4, -0.2) is 34.6 Å². The van der Waals surface area contributed by atoms with Gasteiger partial charge in [0.2, 0.25) is 5.89 Å². The van der Waals surface area contributed by atoms with E-state index in [1.807, 2.05) is 0 Å². The van der Waals surface area contributed by atoms with Crippen LogP contribution in [0.3, 0.4) is 0 Å². The van der Waals surface area contributed by atoms with E-state index in [1.54, 1.807) is 25.4 Å². The zero-order chi connectivity index (χ0) is 12.8. The van der Waals surface area contributed by atoms with E-state index < -0.39 is 0 Å². The number of pyridine rings is 1. The van der Waals surface area contributed by atoms with Crippen molar-refractivity contribution in [1.29, 1.82) is 0 Å². The van der Waals surface area contributed by atoms with Gasteiger partial charge in [0.05, 0.1) is 0 Å². The molecule has 0 aliphatic heterocycles. The van der Waals surface area contributed by atoms with Crippen molar-refractivity contribution >= 4 is 11.6 Å². The second-order valence-corrected chi connectivity index (χ2v) is 3.52. The Morgan fingerprint density at radius 2 is 2.33 bits per heavy atom. The van der Waals surface area contributed by atoms with Crippen molar-refractivity contribution in [3.05, 3.63) is 36.2 Å². The summed E-state index contributed by atoms with van der Waals surface area (Å²) in [7, 11) is 1.78. The molecule has 0 atom stereocenters. The molecule has 2 aromatic heterocycles. The fraction of sp³-hybridized carbons (Fsp3) is 0.273. The Kier molecular flexibility index (Phi) is 3.85. The molecule has 7 nitrogen and oxygen atoms in total. The molecule has 0 radical (unpaired) electrons. The maximum atomic E-state index is 11.8. The molecule has 2 aromatic rings. The van der Waals surface area contributed by atoms with Crippen molar-refractivity contribution in [3.63, 3.8) is 0 Å². The van der Waals surface area contributed by atoms with Crippen LogP contribution in [0.4, 0.5) is 5.69 Å². The lowest BCUT2D eigenvalue weighted by Crippen LogP contribution is -2.26. The lowest BCUT2D eigenvalue weighted by molar-refractivity contribution is 0.0948. The van der Waals surface area contributed by atoms with Crippen LogP contribution in [0.1, 0.15) is 16.4 Å². The standard InChI is InChI=1S/C11H13N5O2/c1-12-8-2-4-13-9(6-8)11(17)14-5-3-10-15-7-16-18-10/h2,4,6-7H,3,5H2,1H3,(H,12,13)(H,14,17). The van der Waals surface area contributed by atoms with Gasteiger partial charge in [-0.3, -0.25) is 9.78 Å². The van der Waals surface area contributed by atoms with Gasteiger partial charge in [0, 0.05) is 31.9 Å². The molecule has 0 saturated heterocycles. The Morgan fingerprint density at radius 1 is 1.44 bits per heavy atom. The van der Waals surface area contributed by atoms with Gasteiger partial charge < -0.3 is 15.2 Å². The molecule has 0 saturated carbocycles. The molecule has 18 heavy (non-hydrogen) atoms. The first-order valence-corrected chi connectivity index (χ1v) is 5.47. The Morgan fingerprint density at radius 3 is 3.06 bits per heavy atom. The van der Waals surface area contributed by atoms with Gasteiger partial charge in [-0.1, -0.05) is 5.16 Å². The average molecular weight is 247 g/mol. The van der Waals surface area contributed by atoms with Gasteiger partial charge in [0.25, 0.3) is 5.91 Å². The topological polar surface area (TPSA) is 92.9 Å². The van der Waals surface area contributed by atoms with Gasteiger partial charge in [-0.25, -0.2) is 0 Å². The molecular formula is C11H13N5O2. The Balaban J connectivity index is 1.87. The monoisotopic (exact) mass is 247 g/mol. The summed E-state index contributed by atoms with van der Waals surface area (Å²) in [6.45, 7) is 0.423. The maximum Gasteiger partial charge on any atom is 0.269 e. The van der Waals surface area contributed by atoms with E-state index in [9.17, 15) is 4.79 Å². The number of carbonyl (C=O) groups is 1. The molecular weight excluding hydrogens is 234 g/mol. The molecule has 2 N–H and O–H groups in total. The van der Waals surface area contributed by atoms with Crippen molar-refractivity contribution < 1.29 is 9.32 Å². The van der Waals surface area contributed by atoms with Crippen molar-refractivity contribution in [2.75, 3.05) is 18.9 Å². The van der Waals surface area contributed by atoms with Crippen molar-refractivity contribution in [2.45, 2.75) is 6.42 Å². The summed E-state index contributed by atoms with van der Waals surface area (Å²) >= 11 is 0. The number of aromatic nitrogens is 3. The summed E-state index contributed by atoms with van der Waals surface area (Å²) in [5.74, 6) is 0.263. The van der Waals surface area contributed by atoms with E-state index in [0.717, 1.165) is 5.69 Å². The predicted octanol–water partition coefficient (Wildman–Crippen LogP) is 0.479. The summed E-state index contributed by atoms with van der Waals surface area (Å²) in [4.78, 5) is 19.6. The van der Waals surface area contributed by atoms with Crippen LogP contribution in [0.25, 0.3) is 0 Å². The summed E-state index contributed by atoms with van der Waals surface area (Å²) in [6, 6.07) is 3.47. The number of nitrogens with one attached hydrogen (secondary N) is 2. The number of hydrogen-bond donors (Lipinski definition) is 2. The van der Waals surface area contributed by atoms with Crippen LogP contribution in [0.5, 0.6) is 0 Å². The number of nitrogens with zero attached hydrogens (tertiary/aromatic N) is 3. The number of anilines is 1. The van der Waals surface area contributed by atoms with E-state index in [2.05, 4.69) is 25.8 Å². The van der Waals surface area contributed by atoms with E-state index in [0.29, 0.717) is 24.6 Å². The third kappa shape index (κ3) is 3.03. The summed E-state index contributed by atoms with van der Waals surface area (Å²) in [5, 5.41) is 9.16. The Hall–Kier alpha value is -2.44. The number of carbonyl (C=O) groups excluding carboxylic acids is 1. The lowest BCUT2D eigenvalue weighted by Gasteiger charge is -2.04. The number of hydrogen-bond acceptors (Lipinski definition) is 6. The zero-order valence-electron chi connectivity index (χ0n) is 9.88. The number of rotatable bonds is 5. The quantitative estimate of drug-likeness (QED) is 0.798. The third-order valence-corrected chi connectivity index (χ3v) is 2.31. The first-order valence-electron chi connectivity index (χ1n) is 5.47. The average Bonchev–Trinajstić information content (AvgIpc) is 2.92. The first-order chi connectivity index (χ1) is 8.79. The lowest BCUT2D eigenvalue weighted by atomic mass is 10.3. The fourth-order valence-electron chi connectivity index (χ4n) is 1.39. The molecule has 94 valence electrons. The molecule has 0 bridgehead atoms. The molecule has 7 heteroatoms. The normalized spacial score (nSPS) is 10.1. The van der Waals surface area contributed by atoms with Gasteiger partial charge in [0.1, 0.15) is 5.69 Å². The van der Waals surface area contributed by atoms with Crippen molar-refractivity contribution in [1.82, 2.24) is 20.4 Å². The van der Waals surface area contributed by atoms with Crippen LogP contribution in [-0.2, 0) is 6.42 Å². The molecule has 0 fully saturated rings. The van der Waals surface area contributed by atoms with Crippen LogP contribution in [0.15, 0.2) is 29.2 Å². The number of amides is 1. The minimum atomic E-state index is -0.230. The van der Waals surface area contributed by atoms with Gasteiger partial charge in [-0.15, -0.1) is 0 Å². The highest BCUT2D eigenvalue weighted by atomic mass is 16.5. The van der Waals surface area contributed by atoms with Crippen molar-refractivity contribution in [3.8, 4) is 0 Å². The van der Waals surface area contributed by atoms with Crippen LogP contribution < -0.4 is 10.6 Å². The van der Waals surface area contributed by atoms with Gasteiger partial charge in [-0.2, -0.15) is 4.98 Å².